The van der Waals surface area contributed by atoms with Gasteiger partial charge in [0.25, 0.3) is 0 Å². The van der Waals surface area contributed by atoms with E-state index in [2.05, 4.69) is 472 Å². The summed E-state index contributed by atoms with van der Waals surface area (Å²) in [5.74, 6) is 0. The highest BCUT2D eigenvalue weighted by atomic mass is 15.2. The number of nitrogens with zero attached hydrogens (tertiary/aromatic N) is 4. The lowest BCUT2D eigenvalue weighted by atomic mass is 9.79. The van der Waals surface area contributed by atoms with E-state index in [4.69, 9.17) is 0 Å². The second kappa shape index (κ2) is 28.8. The second-order valence-corrected chi connectivity index (χ2v) is 30.5. The van der Waals surface area contributed by atoms with Crippen molar-refractivity contribution >= 4 is 68.2 Å². The maximum atomic E-state index is 2.53. The molecule has 17 aromatic carbocycles. The summed E-state index contributed by atoms with van der Waals surface area (Å²) in [6.07, 6.45) is 0. The second-order valence-electron chi connectivity index (χ2n) is 30.5. The highest BCUT2D eigenvalue weighted by molar-refractivity contribution is 5.94. The standard InChI is InChI=1S/C108H82N4/c1-107(2)103-71-97(111(88-34-17-8-18-35-88)89-36-19-9-20-37-89)65-67-99(103)101-73-106-102(74-105(101)107)100-68-66-98(72-104(100)108(106,3)4)112(90-38-21-10-22-39-90)96-40-24-31-86(70-96)85-30-23-29-84(69-85)83-43-41-77(42-44-83)80-49-59-91(60-50-80)109(87-32-15-7-16-33-87)92-61-51-81(52-62-92)82-53-63-95(64-54-82)110(93-55-45-78(46-56-93)75-25-11-5-12-26-75)94-57-47-79(48-58-94)76-27-13-6-14-28-76/h5-74H,1-4H3. The largest absolute Gasteiger partial charge is 0.311 e. The average molecular weight is 1440 g/mol. The summed E-state index contributed by atoms with van der Waals surface area (Å²) >= 11 is 0. The SMILES string of the molecule is CC1(C)c2cc(N(c3ccccc3)c3ccccc3)ccc2-c2cc3c(cc21)-c1ccc(N(c2ccccc2)c2cccc(-c4cccc(-c5ccc(-c6ccc(N(c7ccccc7)c7ccc(-c8ccc(N(c9ccc(-c%10ccccc%10)cc9)c9ccc(-c%10ccccc%10)cc9)cc8)cc7)cc6)cc5)c4)c2)cc1C3(C)C. The van der Waals surface area contributed by atoms with E-state index in [-0.39, 0.29) is 10.8 Å². The number of hydrogen-bond donors (Lipinski definition) is 0. The molecule has 0 unspecified atom stereocenters. The molecule has 0 N–H and O–H groups in total. The van der Waals surface area contributed by atoms with Crippen molar-refractivity contribution in [1.82, 2.24) is 0 Å². The van der Waals surface area contributed by atoms with Gasteiger partial charge in [-0.3, -0.25) is 0 Å². The average Bonchev–Trinajstić information content (AvgIpc) is 1.54. The van der Waals surface area contributed by atoms with Crippen LogP contribution < -0.4 is 19.6 Å². The Bertz CT molecular complexity index is 6100. The van der Waals surface area contributed by atoms with Crippen molar-refractivity contribution in [1.29, 1.82) is 0 Å². The number of rotatable bonds is 18. The van der Waals surface area contributed by atoms with Crippen molar-refractivity contribution in [2.75, 3.05) is 19.6 Å². The van der Waals surface area contributed by atoms with Crippen LogP contribution in [0.15, 0.2) is 425 Å². The summed E-state index contributed by atoms with van der Waals surface area (Å²) in [7, 11) is 0. The maximum Gasteiger partial charge on any atom is 0.0467 e. The fraction of sp³-hybridized carbons (Fsp3) is 0.0556. The number of para-hydroxylation sites is 4. The lowest BCUT2D eigenvalue weighted by molar-refractivity contribution is 0.652. The summed E-state index contributed by atoms with van der Waals surface area (Å²) in [4.78, 5) is 9.48. The van der Waals surface area contributed by atoms with Crippen molar-refractivity contribution in [3.63, 3.8) is 0 Å². The first-order valence-corrected chi connectivity index (χ1v) is 38.8. The quantitative estimate of drug-likeness (QED) is 0.0849. The molecule has 534 valence electrons. The van der Waals surface area contributed by atoms with E-state index in [1.165, 1.54) is 77.9 Å². The van der Waals surface area contributed by atoms with Crippen molar-refractivity contribution in [2.45, 2.75) is 38.5 Å². The van der Waals surface area contributed by atoms with Crippen LogP contribution in [0.5, 0.6) is 0 Å². The first kappa shape index (κ1) is 68.5. The van der Waals surface area contributed by atoms with Gasteiger partial charge in [-0.05, 0) is 275 Å². The van der Waals surface area contributed by atoms with Crippen LogP contribution in [0.3, 0.4) is 0 Å². The minimum absolute atomic E-state index is 0.220. The normalized spacial score (nSPS) is 12.6. The van der Waals surface area contributed by atoms with Crippen molar-refractivity contribution in [3.8, 4) is 89.0 Å². The Labute approximate surface area is 658 Å². The van der Waals surface area contributed by atoms with E-state index in [1.807, 2.05) is 0 Å². The molecule has 2 aliphatic rings. The summed E-state index contributed by atoms with van der Waals surface area (Å²) < 4.78 is 0. The zero-order chi connectivity index (χ0) is 75.3. The molecule has 4 heteroatoms. The predicted molar refractivity (Wildman–Crippen MR) is 473 cm³/mol. The zero-order valence-corrected chi connectivity index (χ0v) is 63.2. The molecule has 0 fully saturated rings. The Morgan fingerprint density at radius 3 is 0.643 bits per heavy atom. The molecule has 0 atom stereocenters. The highest BCUT2D eigenvalue weighted by Gasteiger charge is 2.42. The van der Waals surface area contributed by atoms with E-state index in [0.717, 1.165) is 102 Å². The van der Waals surface area contributed by atoms with Gasteiger partial charge in [0, 0.05) is 79.1 Å². The fourth-order valence-electron chi connectivity index (χ4n) is 17.1. The van der Waals surface area contributed by atoms with Crippen LogP contribution in [0, 0.1) is 0 Å². The highest BCUT2D eigenvalue weighted by Crippen LogP contribution is 2.58. The van der Waals surface area contributed by atoms with Gasteiger partial charge in [-0.2, -0.15) is 0 Å². The van der Waals surface area contributed by atoms with Crippen molar-refractivity contribution in [3.05, 3.63) is 447 Å². The number of benzene rings is 17. The van der Waals surface area contributed by atoms with E-state index < -0.39 is 0 Å². The zero-order valence-electron chi connectivity index (χ0n) is 63.2. The van der Waals surface area contributed by atoms with Crippen LogP contribution in [0.25, 0.3) is 89.0 Å². The molecule has 0 aliphatic heterocycles. The van der Waals surface area contributed by atoms with E-state index in [9.17, 15) is 0 Å². The molecule has 19 rings (SSSR count). The topological polar surface area (TPSA) is 13.0 Å². The summed E-state index contributed by atoms with van der Waals surface area (Å²) in [5.41, 5.74) is 37.6. The van der Waals surface area contributed by atoms with Gasteiger partial charge < -0.3 is 19.6 Å². The smallest absolute Gasteiger partial charge is 0.0467 e. The molecule has 0 saturated carbocycles. The Hall–Kier alpha value is -14.1. The van der Waals surface area contributed by atoms with E-state index in [1.54, 1.807) is 0 Å². The van der Waals surface area contributed by atoms with Gasteiger partial charge in [0.05, 0.1) is 0 Å². The molecule has 0 heterocycles. The minimum atomic E-state index is -0.256. The lowest BCUT2D eigenvalue weighted by Gasteiger charge is -2.28. The third-order valence-corrected chi connectivity index (χ3v) is 23.0. The molecular formula is C108H82N4. The lowest BCUT2D eigenvalue weighted by Crippen LogP contribution is -2.18. The first-order chi connectivity index (χ1) is 55.0. The summed E-state index contributed by atoms with van der Waals surface area (Å²) in [6.45, 7) is 9.64. The first-order valence-electron chi connectivity index (χ1n) is 38.8. The van der Waals surface area contributed by atoms with Gasteiger partial charge in [-0.15, -0.1) is 0 Å². The Morgan fingerprint density at radius 1 is 0.134 bits per heavy atom. The van der Waals surface area contributed by atoms with Crippen LogP contribution in [0.2, 0.25) is 0 Å². The van der Waals surface area contributed by atoms with Gasteiger partial charge in [0.2, 0.25) is 0 Å². The Morgan fingerprint density at radius 2 is 0.321 bits per heavy atom. The fourth-order valence-corrected chi connectivity index (χ4v) is 17.1. The Kier molecular flexibility index (Phi) is 17.6. The molecule has 2 aliphatic carbocycles. The van der Waals surface area contributed by atoms with Gasteiger partial charge in [0.15, 0.2) is 0 Å². The van der Waals surface area contributed by atoms with Crippen molar-refractivity contribution < 1.29 is 0 Å². The van der Waals surface area contributed by atoms with Gasteiger partial charge in [-0.1, -0.05) is 289 Å². The molecule has 112 heavy (non-hydrogen) atoms. The molecule has 0 spiro atoms. The summed E-state index contributed by atoms with van der Waals surface area (Å²) in [5, 5.41) is 0. The molecule has 0 radical (unpaired) electrons. The molecule has 0 bridgehead atoms. The molecule has 0 saturated heterocycles. The molecular weight excluding hydrogens is 1350 g/mol. The molecule has 4 nitrogen and oxygen atoms in total. The number of fused-ring (bicyclic) bond motifs is 6. The minimum Gasteiger partial charge on any atom is -0.311 e. The maximum absolute atomic E-state index is 2.53. The van der Waals surface area contributed by atoms with Crippen LogP contribution in [-0.4, -0.2) is 0 Å². The van der Waals surface area contributed by atoms with Crippen LogP contribution >= 0.6 is 0 Å². The monoisotopic (exact) mass is 1430 g/mol. The van der Waals surface area contributed by atoms with Crippen LogP contribution in [0.1, 0.15) is 49.9 Å². The number of hydrogen-bond acceptors (Lipinski definition) is 4. The van der Waals surface area contributed by atoms with Crippen molar-refractivity contribution in [2.24, 2.45) is 0 Å². The summed E-state index contributed by atoms with van der Waals surface area (Å²) in [6, 6.07) is 155. The van der Waals surface area contributed by atoms with Gasteiger partial charge >= 0.3 is 0 Å². The van der Waals surface area contributed by atoms with Crippen LogP contribution in [0.4, 0.5) is 68.2 Å². The molecule has 0 amide bonds. The number of anilines is 12. The van der Waals surface area contributed by atoms with Gasteiger partial charge in [-0.25, -0.2) is 0 Å². The third kappa shape index (κ3) is 12.8. The van der Waals surface area contributed by atoms with Gasteiger partial charge in [0.1, 0.15) is 0 Å². The Balaban J connectivity index is 0.559. The molecule has 0 aromatic heterocycles. The van der Waals surface area contributed by atoms with E-state index >= 15 is 0 Å². The third-order valence-electron chi connectivity index (χ3n) is 23.0. The predicted octanol–water partition coefficient (Wildman–Crippen LogP) is 30.2. The molecule has 17 aromatic rings. The van der Waals surface area contributed by atoms with Crippen LogP contribution in [-0.2, 0) is 10.8 Å². The van der Waals surface area contributed by atoms with E-state index in [0.29, 0.717) is 0 Å².